The second kappa shape index (κ2) is 7.04. The number of nitrogens with zero attached hydrogens (tertiary/aromatic N) is 1. The summed E-state index contributed by atoms with van der Waals surface area (Å²) >= 11 is 5.87. The second-order valence-corrected chi connectivity index (χ2v) is 4.49. The monoisotopic (exact) mass is 302 g/mol. The highest BCUT2D eigenvalue weighted by molar-refractivity contribution is 6.34. The molecule has 0 bridgehead atoms. The van der Waals surface area contributed by atoms with Crippen LogP contribution in [0.25, 0.3) is 0 Å². The molecule has 1 atom stereocenters. The molecule has 20 heavy (non-hydrogen) atoms. The van der Waals surface area contributed by atoms with Gasteiger partial charge in [0.2, 0.25) is 0 Å². The number of nitro benzene ring substituents is 1. The van der Waals surface area contributed by atoms with E-state index in [9.17, 15) is 14.9 Å². The van der Waals surface area contributed by atoms with E-state index in [-0.39, 0.29) is 28.0 Å². The zero-order chi connectivity index (χ0) is 15.3. The molecule has 1 rings (SSSR count). The Morgan fingerprint density at radius 1 is 1.60 bits per heavy atom. The minimum Gasteiger partial charge on any atom is -0.383 e. The first kappa shape index (κ1) is 16.2. The number of hydrogen-bond acceptors (Lipinski definition) is 6. The lowest BCUT2D eigenvalue weighted by Crippen LogP contribution is -2.35. The number of anilines is 1. The topological polar surface area (TPSA) is 120 Å². The first-order valence-electron chi connectivity index (χ1n) is 5.65. The highest BCUT2D eigenvalue weighted by Crippen LogP contribution is 2.32. The largest absolute Gasteiger partial charge is 0.383 e. The fourth-order valence-electron chi connectivity index (χ4n) is 1.61. The van der Waals surface area contributed by atoms with Gasteiger partial charge >= 0.3 is 0 Å². The predicted molar refractivity (Wildman–Crippen MR) is 74.7 cm³/mol. The average Bonchev–Trinajstić information content (AvgIpc) is 2.37. The molecule has 8 nitrogen and oxygen atoms in total. The summed E-state index contributed by atoms with van der Waals surface area (Å²) in [5, 5.41) is 13.6. The molecule has 110 valence electrons. The molecule has 9 heteroatoms. The minimum atomic E-state index is -0.670. The lowest BCUT2D eigenvalue weighted by atomic mass is 10.1. The van der Waals surface area contributed by atoms with Gasteiger partial charge in [-0.25, -0.2) is 0 Å². The Kier molecular flexibility index (Phi) is 5.68. The van der Waals surface area contributed by atoms with E-state index in [0.29, 0.717) is 6.61 Å². The van der Waals surface area contributed by atoms with E-state index in [0.717, 1.165) is 6.07 Å². The molecule has 1 amide bonds. The number of nitrogens with two attached hydrogens (primary N) is 1. The zero-order valence-corrected chi connectivity index (χ0v) is 11.7. The first-order valence-corrected chi connectivity index (χ1v) is 6.02. The van der Waals surface area contributed by atoms with Crippen molar-refractivity contribution in [1.82, 2.24) is 5.32 Å². The van der Waals surface area contributed by atoms with Crippen molar-refractivity contribution in [2.75, 3.05) is 19.1 Å². The zero-order valence-electron chi connectivity index (χ0n) is 11.0. The smallest absolute Gasteiger partial charge is 0.295 e. The molecule has 0 radical (unpaired) electrons. The SMILES string of the molecule is COCC(C)NC(=O)c1cc(Cl)c(NN)c([N+](=O)[O-])c1. The van der Waals surface area contributed by atoms with Crippen LogP contribution in [0.5, 0.6) is 0 Å². The molecule has 1 aromatic carbocycles. The Balaban J connectivity index is 3.08. The van der Waals surface area contributed by atoms with Crippen molar-refractivity contribution in [2.45, 2.75) is 13.0 Å². The van der Waals surface area contributed by atoms with Gasteiger partial charge in [-0.05, 0) is 13.0 Å². The molecule has 0 saturated heterocycles. The Bertz CT molecular complexity index is 523. The third-order valence-corrected chi connectivity index (χ3v) is 2.76. The van der Waals surface area contributed by atoms with Gasteiger partial charge in [0.25, 0.3) is 11.6 Å². The maximum Gasteiger partial charge on any atom is 0.295 e. The maximum absolute atomic E-state index is 12.0. The number of nitrogen functional groups attached to an aromatic ring is 1. The van der Waals surface area contributed by atoms with E-state index < -0.39 is 10.8 Å². The Labute approximate surface area is 120 Å². The first-order chi connectivity index (χ1) is 9.40. The molecule has 0 saturated carbocycles. The van der Waals surface area contributed by atoms with Crippen molar-refractivity contribution in [2.24, 2.45) is 5.84 Å². The van der Waals surface area contributed by atoms with Crippen LogP contribution in [0.1, 0.15) is 17.3 Å². The lowest BCUT2D eigenvalue weighted by molar-refractivity contribution is -0.384. The molecule has 1 aromatic rings. The summed E-state index contributed by atoms with van der Waals surface area (Å²) in [5.74, 6) is 4.70. The summed E-state index contributed by atoms with van der Waals surface area (Å²) in [4.78, 5) is 22.2. The van der Waals surface area contributed by atoms with E-state index in [4.69, 9.17) is 22.2 Å². The number of nitro groups is 1. The molecule has 0 aliphatic carbocycles. The molecule has 0 fully saturated rings. The number of halogens is 1. The van der Waals surface area contributed by atoms with Crippen LogP contribution in [-0.2, 0) is 4.74 Å². The van der Waals surface area contributed by atoms with Crippen LogP contribution in [0.2, 0.25) is 5.02 Å². The number of hydrogen-bond donors (Lipinski definition) is 3. The van der Waals surface area contributed by atoms with Gasteiger partial charge in [0.1, 0.15) is 5.69 Å². The number of amides is 1. The molecular formula is C11H15ClN4O4. The van der Waals surface area contributed by atoms with Gasteiger partial charge < -0.3 is 15.5 Å². The second-order valence-electron chi connectivity index (χ2n) is 4.08. The van der Waals surface area contributed by atoms with E-state index >= 15 is 0 Å². The van der Waals surface area contributed by atoms with Crippen LogP contribution in [-0.4, -0.2) is 30.6 Å². The van der Waals surface area contributed by atoms with Gasteiger partial charge in [0.05, 0.1) is 16.6 Å². The van der Waals surface area contributed by atoms with Gasteiger partial charge in [-0.1, -0.05) is 11.6 Å². The van der Waals surface area contributed by atoms with Crippen LogP contribution in [0, 0.1) is 10.1 Å². The van der Waals surface area contributed by atoms with Crippen LogP contribution in [0.4, 0.5) is 11.4 Å². The van der Waals surface area contributed by atoms with Crippen LogP contribution in [0.3, 0.4) is 0 Å². The molecule has 0 aromatic heterocycles. The van der Waals surface area contributed by atoms with Crippen molar-refractivity contribution in [3.63, 3.8) is 0 Å². The quantitative estimate of drug-likeness (QED) is 0.414. The van der Waals surface area contributed by atoms with Crippen LogP contribution >= 0.6 is 11.6 Å². The molecular weight excluding hydrogens is 288 g/mol. The standard InChI is InChI=1S/C11H15ClN4O4/c1-6(5-20-2)14-11(17)7-3-8(12)10(15-13)9(4-7)16(18)19/h3-4,6,15H,5,13H2,1-2H3,(H,14,17). The third-order valence-electron chi connectivity index (χ3n) is 2.47. The number of hydrazine groups is 1. The molecule has 1 unspecified atom stereocenters. The summed E-state index contributed by atoms with van der Waals surface area (Å²) in [6.07, 6.45) is 0. The van der Waals surface area contributed by atoms with Crippen molar-refractivity contribution >= 4 is 28.9 Å². The van der Waals surface area contributed by atoms with Crippen LogP contribution in [0.15, 0.2) is 12.1 Å². The molecule has 0 spiro atoms. The third kappa shape index (κ3) is 3.80. The fourth-order valence-corrected chi connectivity index (χ4v) is 1.88. The lowest BCUT2D eigenvalue weighted by Gasteiger charge is -2.13. The minimum absolute atomic E-state index is 0.00811. The summed E-state index contributed by atoms with van der Waals surface area (Å²) in [6, 6.07) is 2.17. The van der Waals surface area contributed by atoms with Gasteiger partial charge in [-0.15, -0.1) is 0 Å². The molecule has 0 aliphatic heterocycles. The number of nitrogens with one attached hydrogen (secondary N) is 2. The van der Waals surface area contributed by atoms with Crippen molar-refractivity contribution in [3.8, 4) is 0 Å². The number of carbonyl (C=O) groups is 1. The predicted octanol–water partition coefficient (Wildman–Crippen LogP) is 1.30. The van der Waals surface area contributed by atoms with Crippen molar-refractivity contribution in [1.29, 1.82) is 0 Å². The fraction of sp³-hybridized carbons (Fsp3) is 0.364. The van der Waals surface area contributed by atoms with Crippen LogP contribution < -0.4 is 16.6 Å². The van der Waals surface area contributed by atoms with Gasteiger partial charge in [-0.2, -0.15) is 0 Å². The molecule has 0 aliphatic rings. The number of carbonyl (C=O) groups excluding carboxylic acids is 1. The van der Waals surface area contributed by atoms with Gasteiger partial charge in [0.15, 0.2) is 0 Å². The van der Waals surface area contributed by atoms with E-state index in [1.807, 2.05) is 0 Å². The van der Waals surface area contributed by atoms with E-state index in [1.54, 1.807) is 6.92 Å². The van der Waals surface area contributed by atoms with E-state index in [1.165, 1.54) is 13.2 Å². The molecule has 0 heterocycles. The van der Waals surface area contributed by atoms with Crippen molar-refractivity contribution in [3.05, 3.63) is 32.8 Å². The van der Waals surface area contributed by atoms with Gasteiger partial charge in [0, 0.05) is 24.8 Å². The normalized spacial score (nSPS) is 11.8. The average molecular weight is 303 g/mol. The Morgan fingerprint density at radius 3 is 2.75 bits per heavy atom. The summed E-state index contributed by atoms with van der Waals surface area (Å²) in [6.45, 7) is 2.07. The van der Waals surface area contributed by atoms with E-state index in [2.05, 4.69) is 10.7 Å². The highest BCUT2D eigenvalue weighted by Gasteiger charge is 2.21. The summed E-state index contributed by atoms with van der Waals surface area (Å²) < 4.78 is 4.89. The Hall–Kier alpha value is -1.90. The highest BCUT2D eigenvalue weighted by atomic mass is 35.5. The Morgan fingerprint density at radius 2 is 2.25 bits per heavy atom. The van der Waals surface area contributed by atoms with Crippen molar-refractivity contribution < 1.29 is 14.5 Å². The summed E-state index contributed by atoms with van der Waals surface area (Å²) in [7, 11) is 1.51. The number of benzene rings is 1. The number of rotatable bonds is 6. The summed E-state index contributed by atoms with van der Waals surface area (Å²) in [5.41, 5.74) is 1.81. The number of methoxy groups -OCH3 is 1. The molecule has 4 N–H and O–H groups in total. The number of ether oxygens (including phenoxy) is 1. The maximum atomic E-state index is 12.0. The van der Waals surface area contributed by atoms with Gasteiger partial charge in [-0.3, -0.25) is 20.8 Å².